The molecule has 0 bridgehead atoms. The molecular weight excluding hydrogens is 326 g/mol. The maximum absolute atomic E-state index is 2.83. The highest BCUT2D eigenvalue weighted by atomic mass is 15.2. The third kappa shape index (κ3) is 16.6. The monoisotopic (exact) mass is 381 g/mol. The van der Waals surface area contributed by atoms with Crippen molar-refractivity contribution in [1.82, 2.24) is 4.90 Å². The van der Waals surface area contributed by atoms with Crippen LogP contribution in [0.1, 0.15) is 145 Å². The van der Waals surface area contributed by atoms with Crippen LogP contribution >= 0.6 is 0 Å². The highest BCUT2D eigenvalue weighted by Gasteiger charge is 2.30. The van der Waals surface area contributed by atoms with Gasteiger partial charge in [-0.2, -0.15) is 0 Å². The summed E-state index contributed by atoms with van der Waals surface area (Å²) in [6.07, 6.45) is 21.1. The quantitative estimate of drug-likeness (QED) is 0.214. The van der Waals surface area contributed by atoms with Crippen molar-refractivity contribution in [2.45, 2.75) is 150 Å². The van der Waals surface area contributed by atoms with Crippen molar-refractivity contribution in [2.75, 3.05) is 13.1 Å². The normalized spacial score (nSPS) is 12.9. The van der Waals surface area contributed by atoms with Crippen LogP contribution in [0.4, 0.5) is 0 Å². The van der Waals surface area contributed by atoms with E-state index in [4.69, 9.17) is 0 Å². The summed E-state index contributed by atoms with van der Waals surface area (Å²) in [6, 6.07) is 0. The van der Waals surface area contributed by atoms with Crippen LogP contribution in [0.2, 0.25) is 0 Å². The van der Waals surface area contributed by atoms with Crippen molar-refractivity contribution in [3.63, 3.8) is 0 Å². The van der Waals surface area contributed by atoms with E-state index in [1.165, 1.54) is 109 Å². The minimum Gasteiger partial charge on any atom is -0.298 e. The minimum atomic E-state index is 0.322. The van der Waals surface area contributed by atoms with E-state index in [9.17, 15) is 0 Å². The van der Waals surface area contributed by atoms with Gasteiger partial charge in [-0.05, 0) is 51.6 Å². The van der Waals surface area contributed by atoms with Crippen molar-refractivity contribution in [3.8, 4) is 0 Å². The summed E-state index contributed by atoms with van der Waals surface area (Å²) in [7, 11) is 0. The minimum absolute atomic E-state index is 0.322. The van der Waals surface area contributed by atoms with Crippen molar-refractivity contribution >= 4 is 0 Å². The number of hydrogen-bond acceptors (Lipinski definition) is 1. The lowest BCUT2D eigenvalue weighted by molar-refractivity contribution is 0.0730. The molecular formula is C26H55N. The number of nitrogens with zero attached hydrogens (tertiary/aromatic N) is 1. The Bertz CT molecular complexity index is 295. The molecule has 0 atom stereocenters. The van der Waals surface area contributed by atoms with Gasteiger partial charge in [-0.1, -0.05) is 112 Å². The van der Waals surface area contributed by atoms with Gasteiger partial charge >= 0.3 is 0 Å². The Labute approximate surface area is 174 Å². The van der Waals surface area contributed by atoms with Crippen molar-refractivity contribution in [1.29, 1.82) is 0 Å². The molecule has 0 aliphatic heterocycles. The first-order valence-electron chi connectivity index (χ1n) is 12.5. The number of rotatable bonds is 18. The molecule has 0 aromatic heterocycles. The van der Waals surface area contributed by atoms with E-state index in [2.05, 4.69) is 53.4 Å². The third-order valence-electron chi connectivity index (χ3n) is 5.88. The van der Waals surface area contributed by atoms with E-state index < -0.39 is 0 Å². The Morgan fingerprint density at radius 1 is 0.481 bits per heavy atom. The molecule has 0 radical (unpaired) electrons. The van der Waals surface area contributed by atoms with Gasteiger partial charge in [0.15, 0.2) is 0 Å². The molecule has 0 spiro atoms. The maximum Gasteiger partial charge on any atom is 0.0158 e. The summed E-state index contributed by atoms with van der Waals surface area (Å²) >= 11 is 0. The molecule has 0 aliphatic carbocycles. The van der Waals surface area contributed by atoms with E-state index in [-0.39, 0.29) is 0 Å². The summed E-state index contributed by atoms with van der Waals surface area (Å²) in [5, 5.41) is 0. The SMILES string of the molecule is CCCCCCCCCN(CCCCCCCCC)C(C)(C)CC(C)(C)C. The first kappa shape index (κ1) is 27.0. The fraction of sp³-hybridized carbons (Fsp3) is 1.00. The fourth-order valence-corrected chi connectivity index (χ4v) is 4.65. The van der Waals surface area contributed by atoms with Gasteiger partial charge in [0.1, 0.15) is 0 Å². The Kier molecular flexibility index (Phi) is 15.8. The molecule has 0 fully saturated rings. The Balaban J connectivity index is 4.29. The topological polar surface area (TPSA) is 3.24 Å². The van der Waals surface area contributed by atoms with Crippen molar-refractivity contribution < 1.29 is 0 Å². The van der Waals surface area contributed by atoms with Crippen LogP contribution < -0.4 is 0 Å². The molecule has 0 rings (SSSR count). The van der Waals surface area contributed by atoms with Gasteiger partial charge in [-0.3, -0.25) is 4.90 Å². The highest BCUT2D eigenvalue weighted by Crippen LogP contribution is 2.32. The molecule has 0 heterocycles. The standard InChI is InChI=1S/C26H55N/c1-8-10-12-14-16-18-20-22-27(26(6,7)24-25(3,4)5)23-21-19-17-15-13-11-9-2/h8-24H2,1-7H3. The second-order valence-corrected chi connectivity index (χ2v) is 10.8. The summed E-state index contributed by atoms with van der Waals surface area (Å²) in [4.78, 5) is 2.83. The van der Waals surface area contributed by atoms with Crippen molar-refractivity contribution in [3.05, 3.63) is 0 Å². The van der Waals surface area contributed by atoms with Gasteiger partial charge in [0, 0.05) is 5.54 Å². The van der Waals surface area contributed by atoms with Crippen LogP contribution in [0.25, 0.3) is 0 Å². The molecule has 1 nitrogen and oxygen atoms in total. The molecule has 0 aliphatic rings. The zero-order valence-electron chi connectivity index (χ0n) is 20.5. The lowest BCUT2D eigenvalue weighted by Crippen LogP contribution is -2.47. The predicted octanol–water partition coefficient (Wildman–Crippen LogP) is 9.00. The van der Waals surface area contributed by atoms with Gasteiger partial charge in [0.05, 0.1) is 0 Å². The van der Waals surface area contributed by atoms with Crippen LogP contribution in [-0.4, -0.2) is 23.5 Å². The Hall–Kier alpha value is -0.0400. The van der Waals surface area contributed by atoms with E-state index in [0.717, 1.165) is 0 Å². The first-order valence-corrected chi connectivity index (χ1v) is 12.5. The maximum atomic E-state index is 2.83. The molecule has 0 aromatic rings. The predicted molar refractivity (Wildman–Crippen MR) is 126 cm³/mol. The van der Waals surface area contributed by atoms with Crippen LogP contribution in [0, 0.1) is 5.41 Å². The van der Waals surface area contributed by atoms with E-state index in [1.807, 2.05) is 0 Å². The molecule has 0 N–H and O–H groups in total. The summed E-state index contributed by atoms with van der Waals surface area (Å²) in [5.74, 6) is 0. The zero-order chi connectivity index (χ0) is 20.6. The Morgan fingerprint density at radius 2 is 0.815 bits per heavy atom. The zero-order valence-corrected chi connectivity index (χ0v) is 20.5. The average Bonchev–Trinajstić information content (AvgIpc) is 2.56. The van der Waals surface area contributed by atoms with Gasteiger partial charge in [0.25, 0.3) is 0 Å². The smallest absolute Gasteiger partial charge is 0.0158 e. The van der Waals surface area contributed by atoms with Gasteiger partial charge in [0.2, 0.25) is 0 Å². The van der Waals surface area contributed by atoms with Crippen molar-refractivity contribution in [2.24, 2.45) is 5.41 Å². The average molecular weight is 382 g/mol. The van der Waals surface area contributed by atoms with E-state index >= 15 is 0 Å². The van der Waals surface area contributed by atoms with Crippen LogP contribution in [0.15, 0.2) is 0 Å². The van der Waals surface area contributed by atoms with Gasteiger partial charge in [-0.15, -0.1) is 0 Å². The lowest BCUT2D eigenvalue weighted by atomic mass is 9.80. The summed E-state index contributed by atoms with van der Waals surface area (Å²) in [6.45, 7) is 19.4. The fourth-order valence-electron chi connectivity index (χ4n) is 4.65. The third-order valence-corrected chi connectivity index (χ3v) is 5.88. The molecule has 0 aromatic carbocycles. The second kappa shape index (κ2) is 15.8. The van der Waals surface area contributed by atoms with E-state index in [1.54, 1.807) is 0 Å². The second-order valence-electron chi connectivity index (χ2n) is 10.8. The first-order chi connectivity index (χ1) is 12.7. The molecule has 1 heteroatoms. The van der Waals surface area contributed by atoms with E-state index in [0.29, 0.717) is 11.0 Å². The summed E-state index contributed by atoms with van der Waals surface area (Å²) < 4.78 is 0. The highest BCUT2D eigenvalue weighted by molar-refractivity contribution is 4.86. The lowest BCUT2D eigenvalue weighted by Gasteiger charge is -2.43. The number of unbranched alkanes of at least 4 members (excludes halogenated alkanes) is 12. The number of hydrogen-bond donors (Lipinski definition) is 0. The molecule has 164 valence electrons. The van der Waals surface area contributed by atoms with Crippen LogP contribution in [0.5, 0.6) is 0 Å². The molecule has 0 amide bonds. The molecule has 0 saturated heterocycles. The van der Waals surface area contributed by atoms with Crippen LogP contribution in [-0.2, 0) is 0 Å². The van der Waals surface area contributed by atoms with Gasteiger partial charge < -0.3 is 0 Å². The largest absolute Gasteiger partial charge is 0.298 e. The summed E-state index contributed by atoms with van der Waals surface area (Å²) in [5.41, 5.74) is 0.727. The molecule has 27 heavy (non-hydrogen) atoms. The van der Waals surface area contributed by atoms with Gasteiger partial charge in [-0.25, -0.2) is 0 Å². The molecule has 0 unspecified atom stereocenters. The van der Waals surface area contributed by atoms with Crippen LogP contribution in [0.3, 0.4) is 0 Å². The Morgan fingerprint density at radius 3 is 1.15 bits per heavy atom. The molecule has 0 saturated carbocycles.